The van der Waals surface area contributed by atoms with E-state index in [9.17, 15) is 13.2 Å². The largest absolute Gasteiger partial charge is 0.277 e. The molecule has 0 saturated heterocycles. The molecule has 0 saturated carbocycles. The van der Waals surface area contributed by atoms with E-state index < -0.39 is 15.7 Å². The van der Waals surface area contributed by atoms with Crippen LogP contribution in [0.1, 0.15) is 28.4 Å². The Morgan fingerprint density at radius 2 is 1.34 bits per heavy atom. The Kier molecular flexibility index (Phi) is 7.17. The highest BCUT2D eigenvalue weighted by Gasteiger charge is 2.26. The van der Waals surface area contributed by atoms with Crippen molar-refractivity contribution in [3.63, 3.8) is 0 Å². The van der Waals surface area contributed by atoms with Crippen molar-refractivity contribution >= 4 is 32.2 Å². The van der Waals surface area contributed by atoms with Gasteiger partial charge in [-0.15, -0.1) is 0 Å². The van der Waals surface area contributed by atoms with Gasteiger partial charge in [0.05, 0.1) is 16.3 Å². The molecule has 164 valence electrons. The molecular formula is C24H24N4O3S. The highest BCUT2D eigenvalue weighted by atomic mass is 32.2. The minimum Gasteiger partial charge on any atom is -0.277 e. The minimum atomic E-state index is -3.99. The predicted molar refractivity (Wildman–Crippen MR) is 128 cm³/mol. The second-order valence-corrected chi connectivity index (χ2v) is 9.08. The van der Waals surface area contributed by atoms with Gasteiger partial charge >= 0.3 is 0 Å². The van der Waals surface area contributed by atoms with Crippen LogP contribution in [0.2, 0.25) is 0 Å². The molecule has 0 aliphatic carbocycles. The van der Waals surface area contributed by atoms with Crippen LogP contribution in [0, 0.1) is 13.8 Å². The number of nitrogens with one attached hydrogen (secondary N) is 2. The first kappa shape index (κ1) is 22.9. The lowest BCUT2D eigenvalue weighted by atomic mass is 10.1. The fourth-order valence-corrected chi connectivity index (χ4v) is 4.08. The molecule has 7 nitrogen and oxygen atoms in total. The third-order valence-corrected chi connectivity index (χ3v) is 6.38. The third kappa shape index (κ3) is 5.67. The predicted octanol–water partition coefficient (Wildman–Crippen LogP) is 4.31. The van der Waals surface area contributed by atoms with Crippen LogP contribution in [0.15, 0.2) is 94.0 Å². The highest BCUT2D eigenvalue weighted by molar-refractivity contribution is 8.08. The quantitative estimate of drug-likeness (QED) is 0.333. The van der Waals surface area contributed by atoms with E-state index >= 15 is 0 Å². The molecule has 3 aromatic rings. The molecule has 0 aliphatic rings. The van der Waals surface area contributed by atoms with Gasteiger partial charge in [-0.05, 0) is 57.2 Å². The molecule has 0 fully saturated rings. The van der Waals surface area contributed by atoms with E-state index in [0.29, 0.717) is 11.3 Å². The summed E-state index contributed by atoms with van der Waals surface area (Å²) >= 11 is 0. The molecule has 0 atom stereocenters. The number of hydrogen-bond acceptors (Lipinski definition) is 6. The lowest BCUT2D eigenvalue weighted by molar-refractivity contribution is 0.0955. The summed E-state index contributed by atoms with van der Waals surface area (Å²) in [7, 11) is -3.99. The van der Waals surface area contributed by atoms with Crippen LogP contribution in [-0.4, -0.2) is 25.1 Å². The summed E-state index contributed by atoms with van der Waals surface area (Å²) in [6, 6.07) is 22.2. The number of benzene rings is 3. The molecule has 0 heterocycles. The maximum absolute atomic E-state index is 13.2. The SMILES string of the molecule is CC(=N\NC(=O)c1ccc(C)cc1)/C(=N/Nc1ccc(C)cc1)S(=O)(=O)c1ccccc1. The zero-order chi connectivity index (χ0) is 23.1. The van der Waals surface area contributed by atoms with Gasteiger partial charge in [-0.25, -0.2) is 13.8 Å². The highest BCUT2D eigenvalue weighted by Crippen LogP contribution is 2.15. The Hall–Kier alpha value is -3.78. The van der Waals surface area contributed by atoms with Gasteiger partial charge in [0.15, 0.2) is 0 Å². The van der Waals surface area contributed by atoms with Crippen molar-refractivity contribution in [2.75, 3.05) is 5.43 Å². The first-order valence-corrected chi connectivity index (χ1v) is 11.4. The first-order chi connectivity index (χ1) is 15.3. The second-order valence-electron chi connectivity index (χ2n) is 7.22. The van der Waals surface area contributed by atoms with Gasteiger partial charge in [-0.1, -0.05) is 53.6 Å². The third-order valence-electron chi connectivity index (χ3n) is 4.59. The monoisotopic (exact) mass is 448 g/mol. The molecule has 0 unspecified atom stereocenters. The zero-order valence-electron chi connectivity index (χ0n) is 18.0. The van der Waals surface area contributed by atoms with E-state index in [2.05, 4.69) is 21.1 Å². The molecule has 3 aromatic carbocycles. The number of carbonyl (C=O) groups is 1. The fourth-order valence-electron chi connectivity index (χ4n) is 2.74. The van der Waals surface area contributed by atoms with E-state index in [0.717, 1.165) is 11.1 Å². The van der Waals surface area contributed by atoms with Crippen molar-refractivity contribution in [2.24, 2.45) is 10.2 Å². The van der Waals surface area contributed by atoms with Crippen LogP contribution in [0.25, 0.3) is 0 Å². The molecule has 8 heteroatoms. The average Bonchev–Trinajstić information content (AvgIpc) is 2.79. The van der Waals surface area contributed by atoms with Crippen molar-refractivity contribution < 1.29 is 13.2 Å². The standard InChI is InChI=1S/C24H24N4O3S/c1-17-9-13-20(14-10-17)23(29)27-25-19(3)24(28-26-21-15-11-18(2)12-16-21)32(30,31)22-7-5-4-6-8-22/h4-16,26H,1-3H3,(H,27,29)/b25-19+,28-24-. The van der Waals surface area contributed by atoms with Gasteiger partial charge in [0.25, 0.3) is 5.91 Å². The fraction of sp³-hybridized carbons (Fsp3) is 0.125. The lowest BCUT2D eigenvalue weighted by Crippen LogP contribution is -2.28. The minimum absolute atomic E-state index is 0.0360. The molecule has 0 aliphatic heterocycles. The average molecular weight is 449 g/mol. The molecule has 0 aromatic heterocycles. The molecule has 0 spiro atoms. The van der Waals surface area contributed by atoms with Gasteiger partial charge in [0, 0.05) is 5.56 Å². The maximum Gasteiger partial charge on any atom is 0.271 e. The van der Waals surface area contributed by atoms with Gasteiger partial charge in [0.1, 0.15) is 0 Å². The number of rotatable bonds is 6. The number of hydrazone groups is 2. The lowest BCUT2D eigenvalue weighted by Gasteiger charge is -2.10. The molecular weight excluding hydrogens is 424 g/mol. The Bertz CT molecular complexity index is 1250. The van der Waals surface area contributed by atoms with Gasteiger partial charge in [0.2, 0.25) is 14.9 Å². The smallest absolute Gasteiger partial charge is 0.271 e. The summed E-state index contributed by atoms with van der Waals surface area (Å²) in [6.07, 6.45) is 0. The van der Waals surface area contributed by atoms with Crippen LogP contribution in [0.5, 0.6) is 0 Å². The summed E-state index contributed by atoms with van der Waals surface area (Å²) in [5.74, 6) is -0.452. The number of amides is 1. The number of hydrogen-bond donors (Lipinski definition) is 2. The summed E-state index contributed by atoms with van der Waals surface area (Å²) in [4.78, 5) is 12.5. The number of sulfone groups is 1. The molecule has 0 radical (unpaired) electrons. The van der Waals surface area contributed by atoms with Crippen molar-refractivity contribution in [1.82, 2.24) is 5.43 Å². The zero-order valence-corrected chi connectivity index (χ0v) is 18.8. The Balaban J connectivity index is 1.92. The van der Waals surface area contributed by atoms with Crippen LogP contribution in [0.4, 0.5) is 5.69 Å². The molecule has 3 rings (SSSR count). The van der Waals surface area contributed by atoms with Crippen molar-refractivity contribution in [1.29, 1.82) is 0 Å². The summed E-state index contributed by atoms with van der Waals surface area (Å²) in [6.45, 7) is 5.35. The number of nitrogens with zero attached hydrogens (tertiary/aromatic N) is 2. The van der Waals surface area contributed by atoms with E-state index in [1.165, 1.54) is 19.1 Å². The Morgan fingerprint density at radius 3 is 1.94 bits per heavy atom. The van der Waals surface area contributed by atoms with Crippen molar-refractivity contribution in [3.8, 4) is 0 Å². The molecule has 1 amide bonds. The van der Waals surface area contributed by atoms with E-state index in [-0.39, 0.29) is 15.7 Å². The van der Waals surface area contributed by atoms with Crippen LogP contribution in [0.3, 0.4) is 0 Å². The topological polar surface area (TPSA) is 100.0 Å². The van der Waals surface area contributed by atoms with Gasteiger partial charge in [-0.2, -0.15) is 10.2 Å². The van der Waals surface area contributed by atoms with Crippen LogP contribution < -0.4 is 10.9 Å². The maximum atomic E-state index is 13.2. The summed E-state index contributed by atoms with van der Waals surface area (Å²) in [5.41, 5.74) is 8.32. The first-order valence-electron chi connectivity index (χ1n) is 9.89. The number of anilines is 1. The van der Waals surface area contributed by atoms with Crippen LogP contribution in [-0.2, 0) is 9.84 Å². The van der Waals surface area contributed by atoms with E-state index in [1.54, 1.807) is 42.5 Å². The van der Waals surface area contributed by atoms with E-state index in [1.807, 2.05) is 38.1 Å². The van der Waals surface area contributed by atoms with E-state index in [4.69, 9.17) is 0 Å². The summed E-state index contributed by atoms with van der Waals surface area (Å²) < 4.78 is 26.5. The number of carbonyl (C=O) groups excluding carboxylic acids is 1. The van der Waals surface area contributed by atoms with Crippen molar-refractivity contribution in [2.45, 2.75) is 25.7 Å². The van der Waals surface area contributed by atoms with Gasteiger partial charge in [-0.3, -0.25) is 10.2 Å². The van der Waals surface area contributed by atoms with Crippen LogP contribution >= 0.6 is 0 Å². The second kappa shape index (κ2) is 10.0. The Labute approximate surface area is 187 Å². The van der Waals surface area contributed by atoms with Crippen molar-refractivity contribution in [3.05, 3.63) is 95.6 Å². The normalized spacial score (nSPS) is 12.3. The summed E-state index contributed by atoms with van der Waals surface area (Å²) in [5, 5.41) is 7.84. The molecule has 0 bridgehead atoms. The molecule has 2 N–H and O–H groups in total. The molecule has 32 heavy (non-hydrogen) atoms. The Morgan fingerprint density at radius 1 is 0.781 bits per heavy atom. The number of aryl methyl sites for hydroxylation is 2. The van der Waals surface area contributed by atoms with Gasteiger partial charge < -0.3 is 0 Å².